The molecule has 2 aromatic carbocycles. The lowest BCUT2D eigenvalue weighted by molar-refractivity contribution is 0.103. The van der Waals surface area contributed by atoms with Crippen LogP contribution in [0.4, 0.5) is 0 Å². The topological polar surface area (TPSA) is 35.5 Å². The molecule has 0 aliphatic rings. The van der Waals surface area contributed by atoms with E-state index in [0.29, 0.717) is 43.6 Å². The second-order valence-corrected chi connectivity index (χ2v) is 4.58. The fourth-order valence-electron chi connectivity index (χ4n) is 1.73. The Kier molecular flexibility index (Phi) is 3.96. The van der Waals surface area contributed by atoms with Crippen molar-refractivity contribution in [3.8, 4) is 11.5 Å². The molecular formula is C13H14O3Si2. The molecule has 0 unspecified atom stereocenters. The highest BCUT2D eigenvalue weighted by Gasteiger charge is 2.11. The summed E-state index contributed by atoms with van der Waals surface area (Å²) in [5.41, 5.74) is 1.30. The Balaban J connectivity index is 2.37. The monoisotopic (exact) mass is 274 g/mol. The van der Waals surface area contributed by atoms with Gasteiger partial charge in [-0.3, -0.25) is 4.79 Å². The Morgan fingerprint density at radius 3 is 2.11 bits per heavy atom. The summed E-state index contributed by atoms with van der Waals surface area (Å²) >= 11 is 0. The maximum Gasteiger partial charge on any atom is 0.204 e. The van der Waals surface area contributed by atoms with Gasteiger partial charge in [-0.15, -0.1) is 0 Å². The molecule has 0 N–H and O–H groups in total. The van der Waals surface area contributed by atoms with Crippen molar-refractivity contribution in [2.45, 2.75) is 0 Å². The second-order valence-electron chi connectivity index (χ2n) is 3.76. The van der Waals surface area contributed by atoms with Gasteiger partial charge in [-0.25, -0.2) is 0 Å². The van der Waals surface area contributed by atoms with Crippen LogP contribution in [0.25, 0.3) is 0 Å². The van der Waals surface area contributed by atoms with E-state index in [1.807, 2.05) is 18.2 Å². The van der Waals surface area contributed by atoms with Crippen LogP contribution in [0.1, 0.15) is 15.9 Å². The number of hydrogen-bond donors (Lipinski definition) is 0. The standard InChI is InChI=1S/C13H14O3Si2/c14-13(9-4-2-1-3-5-9)10-6-7-11(15-17)12(8-10)16-18/h1-8H,17-18H3. The molecule has 2 aromatic rings. The average molecular weight is 274 g/mol. The summed E-state index contributed by atoms with van der Waals surface area (Å²) in [6.45, 7) is 0. The van der Waals surface area contributed by atoms with Crippen LogP contribution in [0.2, 0.25) is 0 Å². The molecule has 0 saturated carbocycles. The highest BCUT2D eigenvalue weighted by molar-refractivity contribution is 6.09. The van der Waals surface area contributed by atoms with Crippen molar-refractivity contribution in [1.82, 2.24) is 0 Å². The van der Waals surface area contributed by atoms with E-state index in [2.05, 4.69) is 0 Å². The van der Waals surface area contributed by atoms with Gasteiger partial charge in [0.25, 0.3) is 0 Å². The van der Waals surface area contributed by atoms with E-state index in [1.54, 1.807) is 30.3 Å². The van der Waals surface area contributed by atoms with E-state index < -0.39 is 0 Å². The van der Waals surface area contributed by atoms with Crippen molar-refractivity contribution in [1.29, 1.82) is 0 Å². The lowest BCUT2D eigenvalue weighted by Crippen LogP contribution is -2.02. The Morgan fingerprint density at radius 2 is 1.50 bits per heavy atom. The molecule has 0 saturated heterocycles. The van der Waals surface area contributed by atoms with Crippen LogP contribution >= 0.6 is 0 Å². The summed E-state index contributed by atoms with van der Waals surface area (Å²) in [7, 11) is 1.17. The highest BCUT2D eigenvalue weighted by atomic mass is 28.2. The molecule has 0 bridgehead atoms. The molecule has 0 aliphatic carbocycles. The lowest BCUT2D eigenvalue weighted by atomic mass is 10.0. The van der Waals surface area contributed by atoms with E-state index >= 15 is 0 Å². The van der Waals surface area contributed by atoms with Gasteiger partial charge in [0.15, 0.2) is 5.78 Å². The smallest absolute Gasteiger partial charge is 0.204 e. The van der Waals surface area contributed by atoms with Crippen molar-refractivity contribution in [3.63, 3.8) is 0 Å². The van der Waals surface area contributed by atoms with Crippen LogP contribution in [0.5, 0.6) is 11.5 Å². The molecule has 0 heterocycles. The maximum absolute atomic E-state index is 12.2. The van der Waals surface area contributed by atoms with Crippen LogP contribution in [-0.4, -0.2) is 26.8 Å². The minimum atomic E-state index is -0.00420. The van der Waals surface area contributed by atoms with E-state index in [-0.39, 0.29) is 5.78 Å². The maximum atomic E-state index is 12.2. The van der Waals surface area contributed by atoms with Gasteiger partial charge in [0.2, 0.25) is 21.0 Å². The van der Waals surface area contributed by atoms with Gasteiger partial charge >= 0.3 is 0 Å². The van der Waals surface area contributed by atoms with Gasteiger partial charge in [0.05, 0.1) is 0 Å². The molecule has 92 valence electrons. The zero-order chi connectivity index (χ0) is 13.0. The predicted molar refractivity (Wildman–Crippen MR) is 77.5 cm³/mol. The Morgan fingerprint density at radius 1 is 0.833 bits per heavy atom. The third-order valence-corrected chi connectivity index (χ3v) is 3.56. The first-order chi connectivity index (χ1) is 8.76. The first-order valence-electron chi connectivity index (χ1n) is 5.58. The molecule has 0 radical (unpaired) electrons. The van der Waals surface area contributed by atoms with E-state index in [1.165, 1.54) is 0 Å². The first kappa shape index (κ1) is 12.6. The normalized spacial score (nSPS) is 10.2. The minimum Gasteiger partial charge on any atom is -0.551 e. The average Bonchev–Trinajstić information content (AvgIpc) is 2.46. The summed E-state index contributed by atoms with van der Waals surface area (Å²) in [5, 5.41) is 0. The van der Waals surface area contributed by atoms with Gasteiger partial charge < -0.3 is 8.85 Å². The SMILES string of the molecule is O=C(c1ccccc1)c1ccc(O[SiH3])c(O[SiH3])c1. The summed E-state index contributed by atoms with van der Waals surface area (Å²) < 4.78 is 10.6. The van der Waals surface area contributed by atoms with Gasteiger partial charge in [0.1, 0.15) is 11.5 Å². The molecule has 0 atom stereocenters. The fraction of sp³-hybridized carbons (Fsp3) is 0. The molecule has 2 rings (SSSR count). The number of benzene rings is 2. The number of carbonyl (C=O) groups is 1. The molecule has 3 nitrogen and oxygen atoms in total. The Hall–Kier alpha value is -1.86. The van der Waals surface area contributed by atoms with Gasteiger partial charge in [0, 0.05) is 11.1 Å². The van der Waals surface area contributed by atoms with Gasteiger partial charge in [-0.1, -0.05) is 30.3 Å². The molecule has 0 fully saturated rings. The molecule has 5 heteroatoms. The van der Waals surface area contributed by atoms with E-state index in [9.17, 15) is 4.79 Å². The third-order valence-electron chi connectivity index (χ3n) is 2.68. The van der Waals surface area contributed by atoms with Crippen LogP contribution < -0.4 is 8.85 Å². The molecule has 0 aliphatic heterocycles. The van der Waals surface area contributed by atoms with Crippen LogP contribution in [0.3, 0.4) is 0 Å². The highest BCUT2D eigenvalue weighted by Crippen LogP contribution is 2.28. The molecule has 18 heavy (non-hydrogen) atoms. The Bertz CT molecular complexity index is 555. The van der Waals surface area contributed by atoms with E-state index in [4.69, 9.17) is 8.85 Å². The number of hydrogen-bond acceptors (Lipinski definition) is 3. The zero-order valence-corrected chi connectivity index (χ0v) is 14.3. The molecule has 0 amide bonds. The van der Waals surface area contributed by atoms with Crippen molar-refractivity contribution in [3.05, 3.63) is 59.7 Å². The molecular weight excluding hydrogens is 260 g/mol. The number of ketones is 1. The van der Waals surface area contributed by atoms with Gasteiger partial charge in [-0.2, -0.15) is 0 Å². The van der Waals surface area contributed by atoms with Crippen LogP contribution in [0, 0.1) is 0 Å². The summed E-state index contributed by atoms with van der Waals surface area (Å²) in [5.74, 6) is 1.36. The molecule has 0 spiro atoms. The zero-order valence-electron chi connectivity index (χ0n) is 10.3. The second kappa shape index (κ2) is 5.66. The summed E-state index contributed by atoms with van der Waals surface area (Å²) in [4.78, 5) is 12.2. The third kappa shape index (κ3) is 2.52. The summed E-state index contributed by atoms with van der Waals surface area (Å²) in [6.07, 6.45) is 0. The summed E-state index contributed by atoms with van der Waals surface area (Å²) in [6, 6.07) is 14.5. The van der Waals surface area contributed by atoms with Gasteiger partial charge in [-0.05, 0) is 18.2 Å². The quantitative estimate of drug-likeness (QED) is 0.592. The largest absolute Gasteiger partial charge is 0.551 e. The van der Waals surface area contributed by atoms with Crippen LogP contribution in [-0.2, 0) is 0 Å². The van der Waals surface area contributed by atoms with Crippen molar-refractivity contribution in [2.24, 2.45) is 0 Å². The number of rotatable bonds is 4. The van der Waals surface area contributed by atoms with Crippen molar-refractivity contribution >= 4 is 26.8 Å². The fourth-order valence-corrected chi connectivity index (χ4v) is 2.39. The first-order valence-corrected chi connectivity index (χ1v) is 7.21. The molecule has 0 aromatic heterocycles. The van der Waals surface area contributed by atoms with Crippen LogP contribution in [0.15, 0.2) is 48.5 Å². The Labute approximate surface area is 112 Å². The minimum absolute atomic E-state index is 0.00420. The van der Waals surface area contributed by atoms with Crippen molar-refractivity contribution in [2.75, 3.05) is 0 Å². The predicted octanol–water partition coefficient (Wildman–Crippen LogP) is 0.236. The lowest BCUT2D eigenvalue weighted by Gasteiger charge is -2.10. The van der Waals surface area contributed by atoms with Crippen molar-refractivity contribution < 1.29 is 13.6 Å². The van der Waals surface area contributed by atoms with E-state index in [0.717, 1.165) is 0 Å². The number of carbonyl (C=O) groups excluding carboxylic acids is 1.